The first-order valence-electron chi connectivity index (χ1n) is 6.84. The molecular weight excluding hydrogens is 266 g/mol. The fourth-order valence-electron chi connectivity index (χ4n) is 2.46. The minimum atomic E-state index is -0.169. The molecule has 2 aromatic carbocycles. The molecule has 1 amide bonds. The maximum Gasteiger partial charge on any atom is 0.221 e. The standard InChI is InChI=1S/C17H15NO3/c1-11(19)18-15-9-12-7-8-16(20)14(12)10-17(15)21-13-5-3-2-4-6-13/h2-6,9-10H,7-8H2,1H3,(H,18,19). The lowest BCUT2D eigenvalue weighted by Crippen LogP contribution is -2.08. The van der Waals surface area contributed by atoms with Crippen LogP contribution in [0.5, 0.6) is 11.5 Å². The van der Waals surface area contributed by atoms with Gasteiger partial charge >= 0.3 is 0 Å². The molecule has 0 unspecified atom stereocenters. The van der Waals surface area contributed by atoms with Gasteiger partial charge in [0.25, 0.3) is 0 Å². The molecule has 1 N–H and O–H groups in total. The number of Topliss-reactive ketones (excluding diaryl/α,β-unsaturated/α-hetero) is 1. The van der Waals surface area contributed by atoms with Crippen LogP contribution in [-0.4, -0.2) is 11.7 Å². The molecule has 2 aromatic rings. The van der Waals surface area contributed by atoms with Crippen LogP contribution in [0.3, 0.4) is 0 Å². The highest BCUT2D eigenvalue weighted by Crippen LogP contribution is 2.36. The number of hydrogen-bond acceptors (Lipinski definition) is 3. The van der Waals surface area contributed by atoms with Crippen LogP contribution in [0.4, 0.5) is 5.69 Å². The lowest BCUT2D eigenvalue weighted by molar-refractivity contribution is -0.114. The van der Waals surface area contributed by atoms with E-state index in [1.54, 1.807) is 6.07 Å². The van der Waals surface area contributed by atoms with Gasteiger partial charge in [0.15, 0.2) is 11.5 Å². The minimum absolute atomic E-state index is 0.122. The van der Waals surface area contributed by atoms with Crippen molar-refractivity contribution in [2.24, 2.45) is 0 Å². The zero-order valence-corrected chi connectivity index (χ0v) is 11.7. The predicted octanol–water partition coefficient (Wildman–Crippen LogP) is 3.57. The summed E-state index contributed by atoms with van der Waals surface area (Å²) in [5.74, 6) is 1.11. The highest BCUT2D eigenvalue weighted by molar-refractivity contribution is 6.02. The Balaban J connectivity index is 2.02. The van der Waals surface area contributed by atoms with E-state index in [2.05, 4.69) is 5.32 Å². The Bertz CT molecular complexity index is 707. The number of hydrogen-bond donors (Lipinski definition) is 1. The summed E-state index contributed by atoms with van der Waals surface area (Å²) in [7, 11) is 0. The van der Waals surface area contributed by atoms with Crippen LogP contribution >= 0.6 is 0 Å². The third-order valence-electron chi connectivity index (χ3n) is 3.41. The van der Waals surface area contributed by atoms with E-state index in [1.165, 1.54) is 6.92 Å². The van der Waals surface area contributed by atoms with Crippen molar-refractivity contribution < 1.29 is 14.3 Å². The quantitative estimate of drug-likeness (QED) is 0.935. The summed E-state index contributed by atoms with van der Waals surface area (Å²) in [6.07, 6.45) is 1.23. The van der Waals surface area contributed by atoms with E-state index >= 15 is 0 Å². The van der Waals surface area contributed by atoms with Crippen LogP contribution in [0, 0.1) is 0 Å². The van der Waals surface area contributed by atoms with E-state index in [0.29, 0.717) is 35.6 Å². The number of fused-ring (bicyclic) bond motifs is 1. The zero-order valence-electron chi connectivity index (χ0n) is 11.7. The van der Waals surface area contributed by atoms with E-state index in [-0.39, 0.29) is 11.7 Å². The summed E-state index contributed by atoms with van der Waals surface area (Å²) in [5, 5.41) is 2.76. The number of rotatable bonds is 3. The van der Waals surface area contributed by atoms with Gasteiger partial charge in [-0.15, -0.1) is 0 Å². The molecule has 4 nitrogen and oxygen atoms in total. The van der Waals surface area contributed by atoms with E-state index < -0.39 is 0 Å². The monoisotopic (exact) mass is 281 g/mol. The third kappa shape index (κ3) is 2.79. The summed E-state index contributed by atoms with van der Waals surface area (Å²) in [6.45, 7) is 1.45. The number of amides is 1. The number of carbonyl (C=O) groups is 2. The lowest BCUT2D eigenvalue weighted by Gasteiger charge is -2.13. The Labute approximate surface area is 122 Å². The normalized spacial score (nSPS) is 12.9. The SMILES string of the molecule is CC(=O)Nc1cc2c(cc1Oc1ccccc1)C(=O)CC2. The third-order valence-corrected chi connectivity index (χ3v) is 3.41. The van der Waals surface area contributed by atoms with Gasteiger partial charge in [0.1, 0.15) is 5.75 Å². The first-order valence-corrected chi connectivity index (χ1v) is 6.84. The number of anilines is 1. The van der Waals surface area contributed by atoms with Crippen LogP contribution in [0.15, 0.2) is 42.5 Å². The van der Waals surface area contributed by atoms with Crippen LogP contribution in [-0.2, 0) is 11.2 Å². The van der Waals surface area contributed by atoms with Crippen LogP contribution in [0.25, 0.3) is 0 Å². The van der Waals surface area contributed by atoms with Crippen molar-refractivity contribution in [1.82, 2.24) is 0 Å². The molecule has 0 bridgehead atoms. The minimum Gasteiger partial charge on any atom is -0.455 e. The second-order valence-electron chi connectivity index (χ2n) is 5.02. The zero-order chi connectivity index (χ0) is 14.8. The van der Waals surface area contributed by atoms with Gasteiger partial charge in [0, 0.05) is 18.9 Å². The van der Waals surface area contributed by atoms with Crippen molar-refractivity contribution in [2.75, 3.05) is 5.32 Å². The van der Waals surface area contributed by atoms with E-state index in [0.717, 1.165) is 5.56 Å². The van der Waals surface area contributed by atoms with Gasteiger partial charge in [-0.25, -0.2) is 0 Å². The molecule has 4 heteroatoms. The van der Waals surface area contributed by atoms with Crippen molar-refractivity contribution >= 4 is 17.4 Å². The Kier molecular flexibility index (Phi) is 3.44. The van der Waals surface area contributed by atoms with Gasteiger partial charge in [-0.05, 0) is 36.2 Å². The second kappa shape index (κ2) is 5.40. The fourth-order valence-corrected chi connectivity index (χ4v) is 2.46. The number of ketones is 1. The number of benzene rings is 2. The highest BCUT2D eigenvalue weighted by Gasteiger charge is 2.22. The summed E-state index contributed by atoms with van der Waals surface area (Å²) in [6, 6.07) is 12.8. The maximum absolute atomic E-state index is 11.9. The number of aryl methyl sites for hydroxylation is 1. The fraction of sp³-hybridized carbons (Fsp3) is 0.176. The van der Waals surface area contributed by atoms with Gasteiger partial charge in [0.2, 0.25) is 5.91 Å². The topological polar surface area (TPSA) is 55.4 Å². The smallest absolute Gasteiger partial charge is 0.221 e. The van der Waals surface area contributed by atoms with Gasteiger partial charge in [-0.3, -0.25) is 9.59 Å². The molecule has 0 saturated heterocycles. The largest absolute Gasteiger partial charge is 0.455 e. The van der Waals surface area contributed by atoms with Gasteiger partial charge < -0.3 is 10.1 Å². The molecule has 21 heavy (non-hydrogen) atoms. The molecule has 0 spiro atoms. The van der Waals surface area contributed by atoms with Crippen molar-refractivity contribution in [3.8, 4) is 11.5 Å². The molecule has 0 saturated carbocycles. The summed E-state index contributed by atoms with van der Waals surface area (Å²) in [4.78, 5) is 23.2. The molecule has 106 valence electrons. The summed E-state index contributed by atoms with van der Waals surface area (Å²) < 4.78 is 5.82. The van der Waals surface area contributed by atoms with Gasteiger partial charge in [-0.1, -0.05) is 18.2 Å². The Morgan fingerprint density at radius 3 is 2.62 bits per heavy atom. The molecule has 0 fully saturated rings. The molecule has 0 aliphatic heterocycles. The average molecular weight is 281 g/mol. The van der Waals surface area contributed by atoms with Crippen molar-refractivity contribution in [1.29, 1.82) is 0 Å². The Morgan fingerprint density at radius 2 is 1.90 bits per heavy atom. The predicted molar refractivity (Wildman–Crippen MR) is 79.9 cm³/mol. The molecule has 1 aliphatic carbocycles. The van der Waals surface area contributed by atoms with Gasteiger partial charge in [0.05, 0.1) is 5.69 Å². The lowest BCUT2D eigenvalue weighted by atomic mass is 10.1. The number of nitrogens with one attached hydrogen (secondary N) is 1. The molecule has 0 aromatic heterocycles. The first kappa shape index (κ1) is 13.4. The van der Waals surface area contributed by atoms with E-state index in [9.17, 15) is 9.59 Å². The van der Waals surface area contributed by atoms with Crippen molar-refractivity contribution in [3.63, 3.8) is 0 Å². The number of para-hydroxylation sites is 1. The maximum atomic E-state index is 11.9. The Morgan fingerprint density at radius 1 is 1.14 bits per heavy atom. The van der Waals surface area contributed by atoms with Crippen LogP contribution in [0.2, 0.25) is 0 Å². The van der Waals surface area contributed by atoms with Crippen molar-refractivity contribution in [2.45, 2.75) is 19.8 Å². The van der Waals surface area contributed by atoms with Crippen LogP contribution in [0.1, 0.15) is 29.3 Å². The summed E-state index contributed by atoms with van der Waals surface area (Å²) >= 11 is 0. The van der Waals surface area contributed by atoms with Crippen LogP contribution < -0.4 is 10.1 Å². The summed E-state index contributed by atoms with van der Waals surface area (Å²) in [5.41, 5.74) is 2.25. The molecule has 3 rings (SSSR count). The average Bonchev–Trinajstić information content (AvgIpc) is 2.81. The number of ether oxygens (including phenoxy) is 1. The van der Waals surface area contributed by atoms with Crippen molar-refractivity contribution in [3.05, 3.63) is 53.6 Å². The molecule has 1 aliphatic rings. The second-order valence-corrected chi connectivity index (χ2v) is 5.02. The highest BCUT2D eigenvalue weighted by atomic mass is 16.5. The Hall–Kier alpha value is -2.62. The first-order chi connectivity index (χ1) is 10.1. The molecule has 0 heterocycles. The number of carbonyl (C=O) groups excluding carboxylic acids is 2. The van der Waals surface area contributed by atoms with E-state index in [1.807, 2.05) is 36.4 Å². The van der Waals surface area contributed by atoms with Gasteiger partial charge in [-0.2, -0.15) is 0 Å². The molecule has 0 atom stereocenters. The molecular formula is C17H15NO3. The van der Waals surface area contributed by atoms with E-state index in [4.69, 9.17) is 4.74 Å². The molecule has 0 radical (unpaired) electrons.